The predicted octanol–water partition coefficient (Wildman–Crippen LogP) is 1.01. The summed E-state index contributed by atoms with van der Waals surface area (Å²) >= 11 is 0. The van der Waals surface area contributed by atoms with Gasteiger partial charge in [-0.05, 0) is 32.2 Å². The molecule has 1 aromatic carbocycles. The number of hydrogen-bond acceptors (Lipinski definition) is 9. The van der Waals surface area contributed by atoms with E-state index in [2.05, 4.69) is 32.1 Å². The average molecular weight is 444 g/mol. The molecule has 1 aliphatic rings. The Morgan fingerprint density at radius 2 is 1.84 bits per heavy atom. The van der Waals surface area contributed by atoms with Gasteiger partial charge in [0.05, 0.1) is 13.7 Å². The number of anilines is 1. The topological polar surface area (TPSA) is 106 Å². The van der Waals surface area contributed by atoms with E-state index in [9.17, 15) is 9.59 Å². The molecular weight excluding hydrogens is 414 g/mol. The summed E-state index contributed by atoms with van der Waals surface area (Å²) in [5.41, 5.74) is 0.510. The third kappa shape index (κ3) is 6.55. The number of methoxy groups -OCH3 is 1. The molecule has 0 aliphatic carbocycles. The number of ether oxygens (including phenoxy) is 3. The van der Waals surface area contributed by atoms with Crippen molar-refractivity contribution in [3.8, 4) is 17.4 Å². The van der Waals surface area contributed by atoms with Crippen LogP contribution in [0.4, 0.5) is 5.82 Å². The van der Waals surface area contributed by atoms with Crippen LogP contribution in [0.15, 0.2) is 30.6 Å². The molecule has 0 saturated carbocycles. The van der Waals surface area contributed by atoms with Gasteiger partial charge in [-0.3, -0.25) is 9.59 Å². The summed E-state index contributed by atoms with van der Waals surface area (Å²) in [5, 5.41) is 2.73. The molecule has 3 rings (SSSR count). The van der Waals surface area contributed by atoms with Gasteiger partial charge in [0, 0.05) is 37.8 Å². The van der Waals surface area contributed by atoms with E-state index in [0.717, 1.165) is 32.0 Å². The second-order valence-corrected chi connectivity index (χ2v) is 7.41. The second kappa shape index (κ2) is 11.3. The minimum absolute atomic E-state index is 0.0769. The molecule has 10 nitrogen and oxygen atoms in total. The van der Waals surface area contributed by atoms with Gasteiger partial charge in [-0.15, -0.1) is 0 Å². The van der Waals surface area contributed by atoms with E-state index in [-0.39, 0.29) is 24.9 Å². The summed E-state index contributed by atoms with van der Waals surface area (Å²) in [4.78, 5) is 36.5. The molecule has 0 unspecified atom stereocenters. The van der Waals surface area contributed by atoms with E-state index >= 15 is 0 Å². The van der Waals surface area contributed by atoms with E-state index < -0.39 is 0 Å². The van der Waals surface area contributed by atoms with E-state index in [1.54, 1.807) is 18.2 Å². The maximum Gasteiger partial charge on any atom is 0.258 e. The van der Waals surface area contributed by atoms with Crippen LogP contribution >= 0.6 is 0 Å². The first-order chi connectivity index (χ1) is 15.5. The SMILES string of the molecule is COc1cc(C(C)=O)ccc1OCC(=O)NCCOc1cc(N2CCN(C)CC2)ncn1. The lowest BCUT2D eigenvalue weighted by Crippen LogP contribution is -2.44. The highest BCUT2D eigenvalue weighted by Crippen LogP contribution is 2.28. The van der Waals surface area contributed by atoms with Crippen molar-refractivity contribution >= 4 is 17.5 Å². The number of likely N-dealkylation sites (N-methyl/N-ethyl adjacent to an activating group) is 1. The molecule has 32 heavy (non-hydrogen) atoms. The van der Waals surface area contributed by atoms with Crippen molar-refractivity contribution in [3.63, 3.8) is 0 Å². The van der Waals surface area contributed by atoms with Gasteiger partial charge in [0.2, 0.25) is 5.88 Å². The number of rotatable bonds is 10. The summed E-state index contributed by atoms with van der Waals surface area (Å²) < 4.78 is 16.4. The average Bonchev–Trinajstić information content (AvgIpc) is 2.81. The quantitative estimate of drug-likeness (QED) is 0.425. The summed E-state index contributed by atoms with van der Waals surface area (Å²) in [6.07, 6.45) is 1.49. The van der Waals surface area contributed by atoms with E-state index in [1.165, 1.54) is 20.4 Å². The second-order valence-electron chi connectivity index (χ2n) is 7.41. The normalized spacial score (nSPS) is 14.0. The van der Waals surface area contributed by atoms with Crippen LogP contribution in [0.3, 0.4) is 0 Å². The van der Waals surface area contributed by atoms with Gasteiger partial charge < -0.3 is 29.3 Å². The summed E-state index contributed by atoms with van der Waals surface area (Å²) in [6, 6.07) is 6.64. The maximum absolute atomic E-state index is 12.1. The Morgan fingerprint density at radius 1 is 1.06 bits per heavy atom. The molecule has 1 N–H and O–H groups in total. The summed E-state index contributed by atoms with van der Waals surface area (Å²) in [7, 11) is 3.58. The number of benzene rings is 1. The van der Waals surface area contributed by atoms with Crippen LogP contribution in [-0.4, -0.2) is 86.7 Å². The number of nitrogens with zero attached hydrogens (tertiary/aromatic N) is 4. The van der Waals surface area contributed by atoms with Gasteiger partial charge in [0.1, 0.15) is 18.8 Å². The van der Waals surface area contributed by atoms with E-state index in [0.29, 0.717) is 29.5 Å². The van der Waals surface area contributed by atoms with Crippen LogP contribution in [0.5, 0.6) is 17.4 Å². The molecule has 1 saturated heterocycles. The monoisotopic (exact) mass is 443 g/mol. The van der Waals surface area contributed by atoms with Crippen molar-refractivity contribution in [3.05, 3.63) is 36.2 Å². The van der Waals surface area contributed by atoms with Gasteiger partial charge in [0.25, 0.3) is 5.91 Å². The molecule has 0 atom stereocenters. The maximum atomic E-state index is 12.1. The highest BCUT2D eigenvalue weighted by molar-refractivity contribution is 5.94. The van der Waals surface area contributed by atoms with Crippen molar-refractivity contribution in [1.82, 2.24) is 20.2 Å². The smallest absolute Gasteiger partial charge is 0.258 e. The third-order valence-electron chi connectivity index (χ3n) is 5.06. The minimum Gasteiger partial charge on any atom is -0.493 e. The Bertz CT molecular complexity index is 931. The lowest BCUT2D eigenvalue weighted by molar-refractivity contribution is -0.123. The van der Waals surface area contributed by atoms with Crippen LogP contribution in [0, 0.1) is 0 Å². The predicted molar refractivity (Wildman–Crippen MR) is 119 cm³/mol. The number of carbonyl (C=O) groups excluding carboxylic acids is 2. The van der Waals surface area contributed by atoms with Gasteiger partial charge in [-0.25, -0.2) is 9.97 Å². The molecular formula is C22H29N5O5. The molecule has 1 amide bonds. The lowest BCUT2D eigenvalue weighted by Gasteiger charge is -2.33. The number of aromatic nitrogens is 2. The molecule has 172 valence electrons. The Hall–Kier alpha value is -3.40. The van der Waals surface area contributed by atoms with Crippen LogP contribution < -0.4 is 24.4 Å². The molecule has 0 radical (unpaired) electrons. The van der Waals surface area contributed by atoms with E-state index in [1.807, 2.05) is 6.07 Å². The summed E-state index contributed by atoms with van der Waals surface area (Å²) in [6.45, 7) is 5.65. The van der Waals surface area contributed by atoms with Crippen molar-refractivity contribution in [2.45, 2.75) is 6.92 Å². The first kappa shape index (κ1) is 23.3. The first-order valence-electron chi connectivity index (χ1n) is 10.4. The molecule has 0 bridgehead atoms. The van der Waals surface area contributed by atoms with Gasteiger partial charge >= 0.3 is 0 Å². The zero-order chi connectivity index (χ0) is 22.9. The number of Topliss-reactive ketones (excluding diaryl/α,β-unsaturated/α-hetero) is 1. The number of ketones is 1. The summed E-state index contributed by atoms with van der Waals surface area (Å²) in [5.74, 6) is 1.72. The Balaban J connectivity index is 1.40. The fraction of sp³-hybridized carbons (Fsp3) is 0.455. The molecule has 2 aromatic rings. The van der Waals surface area contributed by atoms with Crippen molar-refractivity contribution in [2.75, 3.05) is 65.0 Å². The van der Waals surface area contributed by atoms with Crippen LogP contribution in [0.1, 0.15) is 17.3 Å². The van der Waals surface area contributed by atoms with Crippen LogP contribution in [-0.2, 0) is 4.79 Å². The molecule has 1 fully saturated rings. The highest BCUT2D eigenvalue weighted by atomic mass is 16.5. The van der Waals surface area contributed by atoms with Crippen molar-refractivity contribution in [2.24, 2.45) is 0 Å². The van der Waals surface area contributed by atoms with Crippen LogP contribution in [0.2, 0.25) is 0 Å². The zero-order valence-electron chi connectivity index (χ0n) is 18.7. The fourth-order valence-electron chi connectivity index (χ4n) is 3.16. The zero-order valence-corrected chi connectivity index (χ0v) is 18.7. The number of carbonyl (C=O) groups is 2. The largest absolute Gasteiger partial charge is 0.493 e. The van der Waals surface area contributed by atoms with Crippen LogP contribution in [0.25, 0.3) is 0 Å². The fourth-order valence-corrected chi connectivity index (χ4v) is 3.16. The molecule has 1 aromatic heterocycles. The first-order valence-corrected chi connectivity index (χ1v) is 10.4. The minimum atomic E-state index is -0.299. The van der Waals surface area contributed by atoms with E-state index in [4.69, 9.17) is 14.2 Å². The number of hydrogen-bond donors (Lipinski definition) is 1. The van der Waals surface area contributed by atoms with Gasteiger partial charge in [-0.2, -0.15) is 0 Å². The third-order valence-corrected chi connectivity index (χ3v) is 5.06. The Labute approximate surface area is 187 Å². The van der Waals surface area contributed by atoms with Crippen molar-refractivity contribution < 1.29 is 23.8 Å². The molecule has 10 heteroatoms. The Kier molecular flexibility index (Phi) is 8.20. The lowest BCUT2D eigenvalue weighted by atomic mass is 10.1. The standard InChI is InChI=1S/C22H29N5O5/c1-16(28)17-4-5-18(19(12-17)30-3)32-14-21(29)23-6-11-31-22-13-20(24-15-25-22)27-9-7-26(2)8-10-27/h4-5,12-13,15H,6-11,14H2,1-3H3,(H,23,29). The molecule has 2 heterocycles. The number of piperazine rings is 1. The number of nitrogens with one attached hydrogen (secondary N) is 1. The molecule has 0 spiro atoms. The van der Waals surface area contributed by atoms with Gasteiger partial charge in [0.15, 0.2) is 23.9 Å². The molecule has 1 aliphatic heterocycles. The highest BCUT2D eigenvalue weighted by Gasteiger charge is 2.16. The van der Waals surface area contributed by atoms with Gasteiger partial charge in [-0.1, -0.05) is 0 Å². The van der Waals surface area contributed by atoms with Crippen molar-refractivity contribution in [1.29, 1.82) is 0 Å². The number of amides is 1. The Morgan fingerprint density at radius 3 is 2.56 bits per heavy atom.